The first-order valence-electron chi connectivity index (χ1n) is 12.7. The first kappa shape index (κ1) is 23.5. The molecule has 2 aromatic carbocycles. The van der Waals surface area contributed by atoms with Crippen molar-refractivity contribution in [3.05, 3.63) is 59.8 Å². The van der Waals surface area contributed by atoms with Gasteiger partial charge in [-0.15, -0.1) is 0 Å². The number of carbonyl (C=O) groups is 1. The van der Waals surface area contributed by atoms with Crippen molar-refractivity contribution in [3.63, 3.8) is 0 Å². The number of likely N-dealkylation sites (tertiary alicyclic amines) is 1. The summed E-state index contributed by atoms with van der Waals surface area (Å²) in [6, 6.07) is 16.0. The molecule has 1 unspecified atom stereocenters. The molecule has 1 atom stereocenters. The Morgan fingerprint density at radius 3 is 2.60 bits per heavy atom. The van der Waals surface area contributed by atoms with Crippen LogP contribution < -0.4 is 9.64 Å². The molecule has 1 amide bonds. The Kier molecular flexibility index (Phi) is 7.13. The standard InChI is InChI=1S/C28H34N4O3/c1-3-34-23-11-12-25-24(18-23)20(2)29-28(30-25)32-15-7-10-26(32)27(33)31-16-13-22(14-17-31)35-19-21-8-5-4-6-9-21/h4-6,8-9,11-12,18,22,26H,3,7,10,13-17,19H2,1-2H3. The zero-order chi connectivity index (χ0) is 24.2. The Morgan fingerprint density at radius 1 is 1.03 bits per heavy atom. The first-order chi connectivity index (χ1) is 17.1. The van der Waals surface area contributed by atoms with Crippen LogP contribution in [0.4, 0.5) is 5.95 Å². The Balaban J connectivity index is 1.23. The van der Waals surface area contributed by atoms with Crippen LogP contribution in [0, 0.1) is 6.92 Å². The minimum absolute atomic E-state index is 0.192. The molecule has 7 heteroatoms. The van der Waals surface area contributed by atoms with Gasteiger partial charge in [-0.2, -0.15) is 0 Å². The summed E-state index contributed by atoms with van der Waals surface area (Å²) in [7, 11) is 0. The second-order valence-corrected chi connectivity index (χ2v) is 9.39. The zero-order valence-electron chi connectivity index (χ0n) is 20.7. The lowest BCUT2D eigenvalue weighted by atomic mass is 10.1. The van der Waals surface area contributed by atoms with E-state index in [1.54, 1.807) is 0 Å². The molecule has 1 aromatic heterocycles. The van der Waals surface area contributed by atoms with Crippen LogP contribution in [0.5, 0.6) is 5.75 Å². The van der Waals surface area contributed by atoms with E-state index in [4.69, 9.17) is 19.4 Å². The van der Waals surface area contributed by atoms with E-state index in [-0.39, 0.29) is 18.1 Å². The number of rotatable bonds is 7. The van der Waals surface area contributed by atoms with Gasteiger partial charge in [-0.05, 0) is 63.3 Å². The van der Waals surface area contributed by atoms with Gasteiger partial charge < -0.3 is 19.3 Å². The SMILES string of the molecule is CCOc1ccc2nc(N3CCCC3C(=O)N3CCC(OCc4ccccc4)CC3)nc(C)c2c1. The van der Waals surface area contributed by atoms with Crippen molar-refractivity contribution in [2.24, 2.45) is 0 Å². The monoisotopic (exact) mass is 474 g/mol. The summed E-state index contributed by atoms with van der Waals surface area (Å²) in [6.45, 7) is 7.49. The Hall–Kier alpha value is -3.19. The Labute approximate surface area is 207 Å². The van der Waals surface area contributed by atoms with Gasteiger partial charge >= 0.3 is 0 Å². The van der Waals surface area contributed by atoms with Gasteiger partial charge in [0, 0.05) is 25.0 Å². The van der Waals surface area contributed by atoms with Crippen molar-refractivity contribution in [1.29, 1.82) is 0 Å². The summed E-state index contributed by atoms with van der Waals surface area (Å²) in [5.74, 6) is 1.66. The van der Waals surface area contributed by atoms with Crippen LogP contribution in [-0.4, -0.2) is 59.2 Å². The lowest BCUT2D eigenvalue weighted by molar-refractivity contribution is -0.135. The van der Waals surface area contributed by atoms with Gasteiger partial charge in [-0.1, -0.05) is 30.3 Å². The predicted molar refractivity (Wildman–Crippen MR) is 137 cm³/mol. The number of ether oxygens (including phenoxy) is 2. The first-order valence-corrected chi connectivity index (χ1v) is 12.7. The average molecular weight is 475 g/mol. The van der Waals surface area contributed by atoms with E-state index >= 15 is 0 Å². The number of anilines is 1. The number of benzene rings is 2. The molecule has 3 heterocycles. The summed E-state index contributed by atoms with van der Waals surface area (Å²) in [5, 5.41) is 0.986. The minimum Gasteiger partial charge on any atom is -0.494 e. The number of fused-ring (bicyclic) bond motifs is 1. The minimum atomic E-state index is -0.198. The summed E-state index contributed by atoms with van der Waals surface area (Å²) in [6.07, 6.45) is 3.76. The Bertz CT molecular complexity index is 1160. The molecule has 184 valence electrons. The molecule has 0 saturated carbocycles. The number of amides is 1. The molecule has 2 aliphatic heterocycles. The summed E-state index contributed by atoms with van der Waals surface area (Å²) < 4.78 is 11.7. The van der Waals surface area contributed by atoms with Crippen LogP contribution in [0.15, 0.2) is 48.5 Å². The van der Waals surface area contributed by atoms with Gasteiger partial charge in [-0.25, -0.2) is 9.97 Å². The fraction of sp³-hybridized carbons (Fsp3) is 0.464. The van der Waals surface area contributed by atoms with Gasteiger partial charge in [0.15, 0.2) is 0 Å². The number of aryl methyl sites for hydroxylation is 1. The summed E-state index contributed by atoms with van der Waals surface area (Å²) in [4.78, 5) is 27.2. The molecule has 0 bridgehead atoms. The molecule has 35 heavy (non-hydrogen) atoms. The van der Waals surface area contributed by atoms with E-state index in [2.05, 4.69) is 17.0 Å². The van der Waals surface area contributed by atoms with Crippen LogP contribution in [0.3, 0.4) is 0 Å². The third kappa shape index (κ3) is 5.25. The highest BCUT2D eigenvalue weighted by Gasteiger charge is 2.36. The number of piperidine rings is 1. The van der Waals surface area contributed by atoms with E-state index in [1.807, 2.05) is 55.1 Å². The highest BCUT2D eigenvalue weighted by Crippen LogP contribution is 2.29. The van der Waals surface area contributed by atoms with E-state index in [0.717, 1.165) is 67.7 Å². The van der Waals surface area contributed by atoms with Gasteiger partial charge in [0.25, 0.3) is 0 Å². The quantitative estimate of drug-likeness (QED) is 0.502. The molecule has 0 radical (unpaired) electrons. The zero-order valence-corrected chi connectivity index (χ0v) is 20.7. The van der Waals surface area contributed by atoms with Crippen LogP contribution >= 0.6 is 0 Å². The molecule has 2 aliphatic rings. The van der Waals surface area contributed by atoms with Crippen molar-refractivity contribution in [2.75, 3.05) is 31.1 Å². The number of hydrogen-bond acceptors (Lipinski definition) is 6. The van der Waals surface area contributed by atoms with E-state index in [0.29, 0.717) is 19.2 Å². The molecule has 2 fully saturated rings. The van der Waals surface area contributed by atoms with Crippen molar-refractivity contribution in [3.8, 4) is 5.75 Å². The van der Waals surface area contributed by atoms with Crippen LogP contribution in [-0.2, 0) is 16.1 Å². The maximum absolute atomic E-state index is 13.5. The highest BCUT2D eigenvalue weighted by molar-refractivity contribution is 5.87. The molecule has 3 aromatic rings. The fourth-order valence-corrected chi connectivity index (χ4v) is 5.14. The number of nitrogens with zero attached hydrogens (tertiary/aromatic N) is 4. The lowest BCUT2D eigenvalue weighted by Crippen LogP contribution is -2.49. The van der Waals surface area contributed by atoms with Crippen molar-refractivity contribution in [2.45, 2.75) is 58.3 Å². The fourth-order valence-electron chi connectivity index (χ4n) is 5.14. The third-order valence-electron chi connectivity index (χ3n) is 7.03. The average Bonchev–Trinajstić information content (AvgIpc) is 3.38. The summed E-state index contributed by atoms with van der Waals surface area (Å²) >= 11 is 0. The topological polar surface area (TPSA) is 67.8 Å². The molecule has 5 rings (SSSR count). The van der Waals surface area contributed by atoms with Gasteiger partial charge in [0.05, 0.1) is 30.5 Å². The smallest absolute Gasteiger partial charge is 0.245 e. The second kappa shape index (κ2) is 10.6. The number of carbonyl (C=O) groups excluding carboxylic acids is 1. The number of aromatic nitrogens is 2. The van der Waals surface area contributed by atoms with Gasteiger partial charge in [0.1, 0.15) is 11.8 Å². The van der Waals surface area contributed by atoms with E-state index in [1.165, 1.54) is 5.56 Å². The molecule has 0 aliphatic carbocycles. The predicted octanol–water partition coefficient (Wildman–Crippen LogP) is 4.51. The lowest BCUT2D eigenvalue weighted by Gasteiger charge is -2.35. The van der Waals surface area contributed by atoms with Crippen LogP contribution in [0.25, 0.3) is 10.9 Å². The molecular formula is C28H34N4O3. The van der Waals surface area contributed by atoms with Gasteiger partial charge in [-0.3, -0.25) is 4.79 Å². The summed E-state index contributed by atoms with van der Waals surface area (Å²) in [5.41, 5.74) is 2.97. The second-order valence-electron chi connectivity index (χ2n) is 9.39. The third-order valence-corrected chi connectivity index (χ3v) is 7.03. The normalized spacial score (nSPS) is 18.9. The molecule has 7 nitrogen and oxygen atoms in total. The molecule has 0 N–H and O–H groups in total. The molecule has 0 spiro atoms. The largest absolute Gasteiger partial charge is 0.494 e. The number of hydrogen-bond donors (Lipinski definition) is 0. The highest BCUT2D eigenvalue weighted by atomic mass is 16.5. The van der Waals surface area contributed by atoms with Crippen molar-refractivity contribution >= 4 is 22.8 Å². The maximum Gasteiger partial charge on any atom is 0.245 e. The van der Waals surface area contributed by atoms with Gasteiger partial charge in [0.2, 0.25) is 11.9 Å². The maximum atomic E-state index is 13.5. The van der Waals surface area contributed by atoms with E-state index < -0.39 is 0 Å². The van der Waals surface area contributed by atoms with E-state index in [9.17, 15) is 4.79 Å². The molecule has 2 saturated heterocycles. The van der Waals surface area contributed by atoms with Crippen LogP contribution in [0.1, 0.15) is 43.9 Å². The molecular weight excluding hydrogens is 440 g/mol. The Morgan fingerprint density at radius 2 is 1.83 bits per heavy atom. The van der Waals surface area contributed by atoms with Crippen molar-refractivity contribution in [1.82, 2.24) is 14.9 Å². The van der Waals surface area contributed by atoms with Crippen molar-refractivity contribution < 1.29 is 14.3 Å². The van der Waals surface area contributed by atoms with Crippen LogP contribution in [0.2, 0.25) is 0 Å².